The van der Waals surface area contributed by atoms with Gasteiger partial charge in [-0.05, 0) is 38.1 Å². The maximum absolute atomic E-state index is 9.32. The molecule has 0 aliphatic carbocycles. The number of nitriles is 1. The van der Waals surface area contributed by atoms with Gasteiger partial charge in [0.05, 0.1) is 6.61 Å². The fraction of sp³-hybridized carbons (Fsp3) is 0.200. The Hall–Kier alpha value is -2.06. The van der Waals surface area contributed by atoms with Crippen LogP contribution in [0.5, 0.6) is 5.75 Å². The number of aryl methyl sites for hydroxylation is 1. The molecule has 0 atom stereocenters. The van der Waals surface area contributed by atoms with Gasteiger partial charge in [0, 0.05) is 21.3 Å². The highest BCUT2D eigenvalue weighted by Gasteiger charge is 2.15. The first kappa shape index (κ1) is 14.4. The van der Waals surface area contributed by atoms with Crippen molar-refractivity contribution in [1.29, 1.82) is 5.26 Å². The van der Waals surface area contributed by atoms with Crippen molar-refractivity contribution >= 4 is 21.7 Å². The Labute approximate surface area is 126 Å². The second kappa shape index (κ2) is 5.93. The van der Waals surface area contributed by atoms with Gasteiger partial charge in [0.15, 0.2) is 0 Å². The fourth-order valence-corrected chi connectivity index (χ4v) is 2.38. The van der Waals surface area contributed by atoms with E-state index in [0.29, 0.717) is 12.2 Å². The van der Waals surface area contributed by atoms with Crippen LogP contribution >= 0.6 is 15.9 Å². The average molecular weight is 332 g/mol. The summed E-state index contributed by atoms with van der Waals surface area (Å²) in [6.45, 7) is 4.32. The molecule has 0 saturated heterocycles. The van der Waals surface area contributed by atoms with Crippen molar-refractivity contribution in [2.45, 2.75) is 13.8 Å². The Morgan fingerprint density at radius 3 is 2.75 bits per heavy atom. The summed E-state index contributed by atoms with van der Waals surface area (Å²) < 4.78 is 6.54. The number of pyridine rings is 1. The maximum atomic E-state index is 9.32. The highest BCUT2D eigenvalue weighted by Crippen LogP contribution is 2.36. The van der Waals surface area contributed by atoms with Crippen molar-refractivity contribution in [1.82, 2.24) is 4.98 Å². The summed E-state index contributed by atoms with van der Waals surface area (Å²) in [6.07, 6.45) is 0. The second-order valence-corrected chi connectivity index (χ2v) is 5.17. The number of nitrogen functional groups attached to an aromatic ring is 1. The van der Waals surface area contributed by atoms with E-state index in [-0.39, 0.29) is 5.82 Å². The number of rotatable bonds is 3. The minimum atomic E-state index is 0.241. The van der Waals surface area contributed by atoms with Crippen LogP contribution < -0.4 is 10.5 Å². The van der Waals surface area contributed by atoms with Gasteiger partial charge in [-0.3, -0.25) is 0 Å². The van der Waals surface area contributed by atoms with E-state index in [1.54, 1.807) is 0 Å². The van der Waals surface area contributed by atoms with Crippen LogP contribution in [0.3, 0.4) is 0 Å². The van der Waals surface area contributed by atoms with Gasteiger partial charge in [0.2, 0.25) is 0 Å². The zero-order valence-corrected chi connectivity index (χ0v) is 12.9. The SMILES string of the molecule is CCOc1ccc(Br)cc1-c1cc(C)nc(N)c1C#N. The molecule has 0 aliphatic heterocycles. The Kier molecular flexibility index (Phi) is 4.26. The molecule has 2 N–H and O–H groups in total. The summed E-state index contributed by atoms with van der Waals surface area (Å²) in [7, 11) is 0. The number of hydrogen-bond donors (Lipinski definition) is 1. The van der Waals surface area contributed by atoms with Crippen LogP contribution in [0, 0.1) is 18.3 Å². The summed E-state index contributed by atoms with van der Waals surface area (Å²) in [5.41, 5.74) is 8.55. The van der Waals surface area contributed by atoms with Gasteiger partial charge in [-0.2, -0.15) is 5.26 Å². The molecule has 20 heavy (non-hydrogen) atoms. The van der Waals surface area contributed by atoms with Crippen molar-refractivity contribution in [3.63, 3.8) is 0 Å². The predicted octanol–water partition coefficient (Wildman–Crippen LogP) is 3.67. The zero-order valence-electron chi connectivity index (χ0n) is 11.3. The third-order valence-electron chi connectivity index (χ3n) is 2.82. The van der Waals surface area contributed by atoms with Gasteiger partial charge < -0.3 is 10.5 Å². The summed E-state index contributed by atoms with van der Waals surface area (Å²) in [6, 6.07) is 9.65. The van der Waals surface area contributed by atoms with Crippen LogP contribution in [0.1, 0.15) is 18.2 Å². The van der Waals surface area contributed by atoms with Crippen molar-refractivity contribution in [2.75, 3.05) is 12.3 Å². The Bertz CT molecular complexity index is 692. The predicted molar refractivity (Wildman–Crippen MR) is 82.4 cm³/mol. The molecule has 5 heteroatoms. The number of nitrogens with two attached hydrogens (primary N) is 1. The van der Waals surface area contributed by atoms with Gasteiger partial charge in [-0.25, -0.2) is 4.98 Å². The van der Waals surface area contributed by atoms with E-state index in [1.807, 2.05) is 38.1 Å². The first-order valence-corrected chi connectivity index (χ1v) is 6.96. The number of aromatic nitrogens is 1. The van der Waals surface area contributed by atoms with E-state index < -0.39 is 0 Å². The van der Waals surface area contributed by atoms with Gasteiger partial charge in [-0.15, -0.1) is 0 Å². The lowest BCUT2D eigenvalue weighted by atomic mass is 9.99. The quantitative estimate of drug-likeness (QED) is 0.931. The first-order valence-electron chi connectivity index (χ1n) is 6.16. The van der Waals surface area contributed by atoms with E-state index in [4.69, 9.17) is 10.5 Å². The molecule has 1 heterocycles. The summed E-state index contributed by atoms with van der Waals surface area (Å²) in [5.74, 6) is 0.960. The van der Waals surface area contributed by atoms with Gasteiger partial charge >= 0.3 is 0 Å². The molecule has 0 saturated carbocycles. The molecule has 2 aromatic rings. The van der Waals surface area contributed by atoms with Crippen LogP contribution in [-0.4, -0.2) is 11.6 Å². The summed E-state index contributed by atoms with van der Waals surface area (Å²) in [4.78, 5) is 4.13. The zero-order chi connectivity index (χ0) is 14.7. The second-order valence-electron chi connectivity index (χ2n) is 4.26. The highest BCUT2D eigenvalue weighted by atomic mass is 79.9. The molecule has 0 bridgehead atoms. The van der Waals surface area contributed by atoms with Crippen molar-refractivity contribution in [3.8, 4) is 22.9 Å². The number of hydrogen-bond acceptors (Lipinski definition) is 4. The molecule has 102 valence electrons. The molecular formula is C15H14BrN3O. The molecule has 1 aromatic carbocycles. The standard InChI is InChI=1S/C15H14BrN3O/c1-3-20-14-5-4-10(16)7-12(14)11-6-9(2)19-15(18)13(11)8-17/h4-7H,3H2,1-2H3,(H2,18,19). The number of halogens is 1. The smallest absolute Gasteiger partial charge is 0.142 e. The number of anilines is 1. The van der Waals surface area contributed by atoms with E-state index >= 15 is 0 Å². The van der Waals surface area contributed by atoms with Gasteiger partial charge in [-0.1, -0.05) is 15.9 Å². The van der Waals surface area contributed by atoms with Crippen LogP contribution in [-0.2, 0) is 0 Å². The normalized spacial score (nSPS) is 10.1. The third kappa shape index (κ3) is 2.75. The Balaban J connectivity index is 2.74. The first-order chi connectivity index (χ1) is 9.56. The molecule has 0 aliphatic rings. The van der Waals surface area contributed by atoms with Crippen LogP contribution in [0.2, 0.25) is 0 Å². The van der Waals surface area contributed by atoms with Crippen molar-refractivity contribution in [3.05, 3.63) is 40.0 Å². The highest BCUT2D eigenvalue weighted by molar-refractivity contribution is 9.10. The molecule has 2 rings (SSSR count). The van der Waals surface area contributed by atoms with E-state index in [0.717, 1.165) is 27.0 Å². The molecule has 0 spiro atoms. The molecule has 0 unspecified atom stereocenters. The molecule has 0 fully saturated rings. The van der Waals surface area contributed by atoms with Crippen molar-refractivity contribution < 1.29 is 4.74 Å². The molecule has 1 aromatic heterocycles. The molecular weight excluding hydrogens is 318 g/mol. The van der Waals surface area contributed by atoms with Crippen LogP contribution in [0.4, 0.5) is 5.82 Å². The summed E-state index contributed by atoms with van der Waals surface area (Å²) in [5, 5.41) is 9.32. The fourth-order valence-electron chi connectivity index (χ4n) is 2.02. The maximum Gasteiger partial charge on any atom is 0.142 e. The number of benzene rings is 1. The lowest BCUT2D eigenvalue weighted by molar-refractivity contribution is 0.341. The minimum Gasteiger partial charge on any atom is -0.493 e. The lowest BCUT2D eigenvalue weighted by Gasteiger charge is -2.13. The van der Waals surface area contributed by atoms with Gasteiger partial charge in [0.25, 0.3) is 0 Å². The van der Waals surface area contributed by atoms with Crippen LogP contribution in [0.25, 0.3) is 11.1 Å². The van der Waals surface area contributed by atoms with E-state index in [1.165, 1.54) is 0 Å². The monoisotopic (exact) mass is 331 g/mol. The van der Waals surface area contributed by atoms with Crippen LogP contribution in [0.15, 0.2) is 28.7 Å². The third-order valence-corrected chi connectivity index (χ3v) is 3.31. The number of ether oxygens (including phenoxy) is 1. The average Bonchev–Trinajstić information content (AvgIpc) is 2.40. The summed E-state index contributed by atoms with van der Waals surface area (Å²) >= 11 is 3.44. The lowest BCUT2D eigenvalue weighted by Crippen LogP contribution is -2.01. The minimum absolute atomic E-state index is 0.241. The topological polar surface area (TPSA) is 71.9 Å². The molecule has 4 nitrogen and oxygen atoms in total. The molecule has 0 radical (unpaired) electrons. The Morgan fingerprint density at radius 1 is 1.35 bits per heavy atom. The Morgan fingerprint density at radius 2 is 2.10 bits per heavy atom. The number of nitrogens with zero attached hydrogens (tertiary/aromatic N) is 2. The van der Waals surface area contributed by atoms with E-state index in [9.17, 15) is 5.26 Å². The van der Waals surface area contributed by atoms with Gasteiger partial charge in [0.1, 0.15) is 23.2 Å². The van der Waals surface area contributed by atoms with E-state index in [2.05, 4.69) is 27.0 Å². The van der Waals surface area contributed by atoms with Crippen molar-refractivity contribution in [2.24, 2.45) is 0 Å². The largest absolute Gasteiger partial charge is 0.493 e. The molecule has 0 amide bonds.